The van der Waals surface area contributed by atoms with Crippen LogP contribution in [0, 0.1) is 11.3 Å². The minimum absolute atomic E-state index is 0.542. The lowest BCUT2D eigenvalue weighted by Crippen LogP contribution is -1.98. The van der Waals surface area contributed by atoms with Crippen LogP contribution in [0.2, 0.25) is 5.02 Å². The van der Waals surface area contributed by atoms with Gasteiger partial charge >= 0.3 is 0 Å². The summed E-state index contributed by atoms with van der Waals surface area (Å²) in [5.74, 6) is 0.678. The van der Waals surface area contributed by atoms with Gasteiger partial charge in [0.15, 0.2) is 0 Å². The number of nitriles is 1. The number of nitrogens with zero attached hydrogens (tertiary/aromatic N) is 2. The smallest absolute Gasteiger partial charge is 0.142 e. The molecule has 16 heavy (non-hydrogen) atoms. The molecule has 2 rings (SSSR count). The second kappa shape index (κ2) is 4.30. The molecule has 3 nitrogen and oxygen atoms in total. The van der Waals surface area contributed by atoms with Gasteiger partial charge in [0.1, 0.15) is 17.5 Å². The zero-order valence-corrected chi connectivity index (χ0v) is 9.40. The first-order chi connectivity index (χ1) is 7.76. The van der Waals surface area contributed by atoms with E-state index >= 15 is 0 Å². The molecule has 4 heteroatoms. The second-order valence-corrected chi connectivity index (χ2v) is 3.63. The lowest BCUT2D eigenvalue weighted by Gasteiger charge is -2.10. The molecule has 0 atom stereocenters. The summed E-state index contributed by atoms with van der Waals surface area (Å²) in [4.78, 5) is 0. The van der Waals surface area contributed by atoms with Gasteiger partial charge in [-0.25, -0.2) is 0 Å². The van der Waals surface area contributed by atoms with Crippen molar-refractivity contribution in [1.82, 2.24) is 4.57 Å². The fourth-order valence-electron chi connectivity index (χ4n) is 1.53. The van der Waals surface area contributed by atoms with E-state index in [0.29, 0.717) is 16.5 Å². The summed E-state index contributed by atoms with van der Waals surface area (Å²) >= 11 is 5.93. The van der Waals surface area contributed by atoms with Gasteiger partial charge in [0, 0.05) is 11.2 Å². The van der Waals surface area contributed by atoms with Crippen LogP contribution in [-0.4, -0.2) is 11.7 Å². The van der Waals surface area contributed by atoms with Gasteiger partial charge in [-0.2, -0.15) is 5.26 Å². The third-order valence-electron chi connectivity index (χ3n) is 2.26. The largest absolute Gasteiger partial charge is 0.495 e. The summed E-state index contributed by atoms with van der Waals surface area (Å²) in [5.41, 5.74) is 1.30. The van der Waals surface area contributed by atoms with Crippen molar-refractivity contribution >= 4 is 11.6 Å². The lowest BCUT2D eigenvalue weighted by atomic mass is 10.3. The molecule has 0 amide bonds. The van der Waals surface area contributed by atoms with E-state index in [9.17, 15) is 0 Å². The Hall–Kier alpha value is -1.92. The van der Waals surface area contributed by atoms with Crippen LogP contribution in [0.15, 0.2) is 36.5 Å². The number of hydrogen-bond donors (Lipinski definition) is 0. The number of methoxy groups -OCH3 is 1. The standard InChI is InChI=1S/C12H9ClN2O/c1-16-12-5-4-9(13)7-11(12)15-6-2-3-10(15)8-14/h2-7H,1H3. The molecule has 0 N–H and O–H groups in total. The molecular formula is C12H9ClN2O. The SMILES string of the molecule is COc1ccc(Cl)cc1-n1cccc1C#N. The maximum Gasteiger partial charge on any atom is 0.142 e. The van der Waals surface area contributed by atoms with Crippen LogP contribution in [0.5, 0.6) is 5.75 Å². The maximum atomic E-state index is 8.96. The number of halogens is 1. The van der Waals surface area contributed by atoms with Gasteiger partial charge < -0.3 is 9.30 Å². The molecular weight excluding hydrogens is 224 g/mol. The highest BCUT2D eigenvalue weighted by atomic mass is 35.5. The third kappa shape index (κ3) is 1.75. The van der Waals surface area contributed by atoms with Crippen LogP contribution in [0.25, 0.3) is 5.69 Å². The summed E-state index contributed by atoms with van der Waals surface area (Å²) < 4.78 is 6.98. The van der Waals surface area contributed by atoms with Gasteiger partial charge in [0.05, 0.1) is 12.8 Å². The van der Waals surface area contributed by atoms with E-state index in [1.165, 1.54) is 0 Å². The van der Waals surface area contributed by atoms with Crippen molar-refractivity contribution in [2.45, 2.75) is 0 Å². The molecule has 80 valence electrons. The minimum Gasteiger partial charge on any atom is -0.495 e. The van der Waals surface area contributed by atoms with E-state index < -0.39 is 0 Å². The zero-order chi connectivity index (χ0) is 11.5. The summed E-state index contributed by atoms with van der Waals surface area (Å²) in [6.07, 6.45) is 1.80. The van der Waals surface area contributed by atoms with E-state index in [-0.39, 0.29) is 0 Å². The highest BCUT2D eigenvalue weighted by Gasteiger charge is 2.08. The maximum absolute atomic E-state index is 8.96. The van der Waals surface area contributed by atoms with Crippen molar-refractivity contribution in [2.24, 2.45) is 0 Å². The molecule has 0 radical (unpaired) electrons. The molecule has 0 aliphatic carbocycles. The van der Waals surface area contributed by atoms with E-state index in [2.05, 4.69) is 6.07 Å². The molecule has 0 aliphatic rings. The molecule has 0 saturated carbocycles. The zero-order valence-electron chi connectivity index (χ0n) is 8.64. The first kappa shape index (κ1) is 10.6. The number of rotatable bonds is 2. The number of ether oxygens (including phenoxy) is 1. The normalized spacial score (nSPS) is 9.81. The van der Waals surface area contributed by atoms with Crippen LogP contribution < -0.4 is 4.74 Å². The van der Waals surface area contributed by atoms with Crippen LogP contribution in [0.4, 0.5) is 0 Å². The minimum atomic E-state index is 0.542. The molecule has 0 spiro atoms. The quantitative estimate of drug-likeness (QED) is 0.798. The number of hydrogen-bond acceptors (Lipinski definition) is 2. The predicted octanol–water partition coefficient (Wildman–Crippen LogP) is 3.01. The Balaban J connectivity index is 2.63. The van der Waals surface area contributed by atoms with Crippen molar-refractivity contribution in [3.8, 4) is 17.5 Å². The van der Waals surface area contributed by atoms with Crippen molar-refractivity contribution in [3.63, 3.8) is 0 Å². The molecule has 1 heterocycles. The summed E-state index contributed by atoms with van der Waals surface area (Å²) in [7, 11) is 1.59. The van der Waals surface area contributed by atoms with Crippen molar-refractivity contribution in [2.75, 3.05) is 7.11 Å². The van der Waals surface area contributed by atoms with Crippen molar-refractivity contribution in [3.05, 3.63) is 47.2 Å². The average molecular weight is 233 g/mol. The van der Waals surface area contributed by atoms with Crippen molar-refractivity contribution in [1.29, 1.82) is 5.26 Å². The summed E-state index contributed by atoms with van der Waals surface area (Å²) in [5, 5.41) is 9.56. The van der Waals surface area contributed by atoms with Crippen LogP contribution in [-0.2, 0) is 0 Å². The van der Waals surface area contributed by atoms with Crippen LogP contribution >= 0.6 is 11.6 Å². The fraction of sp³-hybridized carbons (Fsp3) is 0.0833. The van der Waals surface area contributed by atoms with E-state index in [0.717, 1.165) is 5.69 Å². The molecule has 0 fully saturated rings. The fourth-order valence-corrected chi connectivity index (χ4v) is 1.70. The molecule has 0 unspecified atom stereocenters. The molecule has 2 aromatic rings. The van der Waals surface area contributed by atoms with E-state index in [1.54, 1.807) is 48.2 Å². The summed E-state index contributed by atoms with van der Waals surface area (Å²) in [6.45, 7) is 0. The lowest BCUT2D eigenvalue weighted by molar-refractivity contribution is 0.413. The molecule has 1 aromatic carbocycles. The van der Waals surface area contributed by atoms with E-state index in [4.69, 9.17) is 21.6 Å². The van der Waals surface area contributed by atoms with Gasteiger partial charge in [0.25, 0.3) is 0 Å². The highest BCUT2D eigenvalue weighted by molar-refractivity contribution is 6.30. The predicted molar refractivity (Wildman–Crippen MR) is 62.0 cm³/mol. The van der Waals surface area contributed by atoms with E-state index in [1.807, 2.05) is 0 Å². The Morgan fingerprint density at radius 1 is 1.38 bits per heavy atom. The highest BCUT2D eigenvalue weighted by Crippen LogP contribution is 2.27. The first-order valence-corrected chi connectivity index (χ1v) is 5.05. The molecule has 0 aliphatic heterocycles. The first-order valence-electron chi connectivity index (χ1n) is 4.67. The Morgan fingerprint density at radius 3 is 2.88 bits per heavy atom. The van der Waals surface area contributed by atoms with Gasteiger partial charge in [-0.3, -0.25) is 0 Å². The average Bonchev–Trinajstić information content (AvgIpc) is 2.76. The molecule has 0 saturated heterocycles. The molecule has 0 bridgehead atoms. The Bertz CT molecular complexity index is 554. The number of benzene rings is 1. The number of aromatic nitrogens is 1. The summed E-state index contributed by atoms with van der Waals surface area (Å²) in [6, 6.07) is 10.9. The topological polar surface area (TPSA) is 38.0 Å². The monoisotopic (exact) mass is 232 g/mol. The van der Waals surface area contributed by atoms with Crippen LogP contribution in [0.1, 0.15) is 5.69 Å². The Kier molecular flexibility index (Phi) is 2.84. The van der Waals surface area contributed by atoms with Gasteiger partial charge in [-0.15, -0.1) is 0 Å². The Morgan fingerprint density at radius 2 is 2.19 bits per heavy atom. The van der Waals surface area contributed by atoms with Crippen LogP contribution in [0.3, 0.4) is 0 Å². The second-order valence-electron chi connectivity index (χ2n) is 3.19. The Labute approximate surface area is 98.4 Å². The van der Waals surface area contributed by atoms with Gasteiger partial charge in [-0.05, 0) is 30.3 Å². The van der Waals surface area contributed by atoms with Gasteiger partial charge in [-0.1, -0.05) is 11.6 Å². The van der Waals surface area contributed by atoms with Crippen molar-refractivity contribution < 1.29 is 4.74 Å². The van der Waals surface area contributed by atoms with Gasteiger partial charge in [0.2, 0.25) is 0 Å². The molecule has 1 aromatic heterocycles. The third-order valence-corrected chi connectivity index (χ3v) is 2.50.